The average Bonchev–Trinajstić information content (AvgIpc) is 3.26. The number of ether oxygens (including phenoxy) is 2. The summed E-state index contributed by atoms with van der Waals surface area (Å²) in [4.78, 5) is 24.2. The zero-order valence-corrected chi connectivity index (χ0v) is 18.0. The largest absolute Gasteiger partial charge is 0.489 e. The number of carboxylic acids is 1. The Morgan fingerprint density at radius 3 is 2.72 bits per heavy atom. The number of fused-ring (bicyclic) bond motifs is 5. The Balaban J connectivity index is 1.65. The van der Waals surface area contributed by atoms with Crippen molar-refractivity contribution in [3.63, 3.8) is 0 Å². The van der Waals surface area contributed by atoms with E-state index in [1.165, 1.54) is 12.3 Å². The van der Waals surface area contributed by atoms with Gasteiger partial charge in [0, 0.05) is 35.9 Å². The van der Waals surface area contributed by atoms with Gasteiger partial charge in [0.05, 0.1) is 18.8 Å². The number of rotatable bonds is 5. The summed E-state index contributed by atoms with van der Waals surface area (Å²) < 4.78 is 13.9. The van der Waals surface area contributed by atoms with Crippen LogP contribution in [0.2, 0.25) is 0 Å². The lowest BCUT2D eigenvalue weighted by atomic mass is 9.93. The van der Waals surface area contributed by atoms with Crippen LogP contribution in [0.3, 0.4) is 0 Å². The number of hydrogen-bond acceptors (Lipinski definition) is 5. The van der Waals surface area contributed by atoms with Gasteiger partial charge in [-0.3, -0.25) is 9.47 Å². The molecule has 3 heterocycles. The summed E-state index contributed by atoms with van der Waals surface area (Å²) >= 11 is 0. The Morgan fingerprint density at radius 1 is 1.22 bits per heavy atom. The second-order valence-corrected chi connectivity index (χ2v) is 8.37. The molecule has 0 fully saturated rings. The lowest BCUT2D eigenvalue weighted by molar-refractivity contribution is 0.0694. The number of carboxylic acid groups (broad SMARTS) is 1. The van der Waals surface area contributed by atoms with E-state index >= 15 is 0 Å². The summed E-state index contributed by atoms with van der Waals surface area (Å²) in [5, 5.41) is 11.5. The number of nitrogens with zero attached hydrogens (tertiary/aromatic N) is 2. The fourth-order valence-corrected chi connectivity index (χ4v) is 4.46. The van der Waals surface area contributed by atoms with E-state index in [9.17, 15) is 14.7 Å². The number of carbonyl (C=O) groups is 1. The molecule has 0 atom stereocenters. The minimum Gasteiger partial charge on any atom is -0.489 e. The molecule has 0 unspecified atom stereocenters. The third-order valence-corrected chi connectivity index (χ3v) is 5.98. The maximum absolute atomic E-state index is 12.6. The standard InChI is InChI=1S/C25H24N2O5/c1-15(2)26-12-17-10-22(32-14-16-6-4-3-5-7-16)24-18(8-9-31-24)23(17)20-11-21(28)19(25(29)30)13-27(20)26/h3-7,10-11,13,15H,8-9,12,14H2,1-2H3,(H,29,30). The van der Waals surface area contributed by atoms with Crippen molar-refractivity contribution in [2.24, 2.45) is 0 Å². The molecule has 0 spiro atoms. The molecule has 32 heavy (non-hydrogen) atoms. The highest BCUT2D eigenvalue weighted by molar-refractivity contribution is 5.88. The van der Waals surface area contributed by atoms with Crippen molar-refractivity contribution in [1.29, 1.82) is 0 Å². The van der Waals surface area contributed by atoms with Gasteiger partial charge in [0.15, 0.2) is 16.9 Å². The summed E-state index contributed by atoms with van der Waals surface area (Å²) in [6, 6.07) is 13.5. The Bertz CT molecular complexity index is 1260. The molecular weight excluding hydrogens is 408 g/mol. The maximum Gasteiger partial charge on any atom is 0.341 e. The molecule has 0 amide bonds. The van der Waals surface area contributed by atoms with Crippen LogP contribution < -0.4 is 19.9 Å². The van der Waals surface area contributed by atoms with Crippen molar-refractivity contribution in [1.82, 2.24) is 4.68 Å². The molecule has 2 aromatic carbocycles. The number of pyridine rings is 1. The lowest BCUT2D eigenvalue weighted by Gasteiger charge is -2.38. The van der Waals surface area contributed by atoms with Crippen LogP contribution in [0.25, 0.3) is 11.3 Å². The third kappa shape index (κ3) is 3.30. The van der Waals surface area contributed by atoms with Crippen molar-refractivity contribution in [2.75, 3.05) is 11.6 Å². The van der Waals surface area contributed by atoms with Crippen LogP contribution in [0.15, 0.2) is 53.5 Å². The van der Waals surface area contributed by atoms with Crippen LogP contribution in [0, 0.1) is 0 Å². The second-order valence-electron chi connectivity index (χ2n) is 8.37. The molecular formula is C25H24N2O5. The molecule has 7 nitrogen and oxygen atoms in total. The van der Waals surface area contributed by atoms with Crippen LogP contribution in [0.1, 0.15) is 40.9 Å². The van der Waals surface area contributed by atoms with Gasteiger partial charge < -0.3 is 19.6 Å². The average molecular weight is 432 g/mol. The van der Waals surface area contributed by atoms with E-state index in [4.69, 9.17) is 9.47 Å². The normalized spacial score (nSPS) is 13.9. The summed E-state index contributed by atoms with van der Waals surface area (Å²) in [5.74, 6) is 0.179. The fourth-order valence-electron chi connectivity index (χ4n) is 4.46. The first-order valence-electron chi connectivity index (χ1n) is 10.7. The summed E-state index contributed by atoms with van der Waals surface area (Å²) in [6.07, 6.45) is 2.14. The number of hydrogen-bond donors (Lipinski definition) is 1. The van der Waals surface area contributed by atoms with Gasteiger partial charge in [-0.1, -0.05) is 30.3 Å². The van der Waals surface area contributed by atoms with E-state index in [2.05, 4.69) is 0 Å². The smallest absolute Gasteiger partial charge is 0.341 e. The zero-order chi connectivity index (χ0) is 22.4. The Morgan fingerprint density at radius 2 is 2.00 bits per heavy atom. The highest BCUT2D eigenvalue weighted by Crippen LogP contribution is 2.46. The van der Waals surface area contributed by atoms with E-state index < -0.39 is 11.4 Å². The van der Waals surface area contributed by atoms with E-state index in [1.807, 2.05) is 55.3 Å². The predicted molar refractivity (Wildman–Crippen MR) is 120 cm³/mol. The van der Waals surface area contributed by atoms with Crippen LogP contribution >= 0.6 is 0 Å². The predicted octanol–water partition coefficient (Wildman–Crippen LogP) is 3.59. The molecule has 5 rings (SSSR count). The monoisotopic (exact) mass is 432 g/mol. The molecule has 0 saturated carbocycles. The molecule has 164 valence electrons. The molecule has 2 aliphatic rings. The van der Waals surface area contributed by atoms with Gasteiger partial charge in [-0.05, 0) is 31.0 Å². The van der Waals surface area contributed by atoms with Crippen molar-refractivity contribution in [3.8, 4) is 22.8 Å². The topological polar surface area (TPSA) is 81.0 Å². The Labute approximate surface area is 185 Å². The van der Waals surface area contributed by atoms with Crippen molar-refractivity contribution in [2.45, 2.75) is 39.5 Å². The van der Waals surface area contributed by atoms with Gasteiger partial charge in [-0.2, -0.15) is 0 Å². The zero-order valence-electron chi connectivity index (χ0n) is 18.0. The lowest BCUT2D eigenvalue weighted by Crippen LogP contribution is -2.44. The SMILES string of the molecule is CC(C)N1Cc2cc(OCc3ccccc3)c3c(c2-c2cc(=O)c(C(=O)O)cn21)CCO3. The highest BCUT2D eigenvalue weighted by atomic mass is 16.5. The van der Waals surface area contributed by atoms with Gasteiger partial charge >= 0.3 is 5.97 Å². The number of benzene rings is 2. The van der Waals surface area contributed by atoms with Crippen LogP contribution in [0.5, 0.6) is 11.5 Å². The van der Waals surface area contributed by atoms with Gasteiger partial charge in [-0.25, -0.2) is 4.79 Å². The fraction of sp³-hybridized carbons (Fsp3) is 0.280. The van der Waals surface area contributed by atoms with E-state index in [0.29, 0.717) is 43.4 Å². The first kappa shape index (κ1) is 20.2. The highest BCUT2D eigenvalue weighted by Gasteiger charge is 2.32. The molecule has 3 aromatic rings. The van der Waals surface area contributed by atoms with E-state index in [-0.39, 0.29) is 11.6 Å². The molecule has 2 aliphatic heterocycles. The first-order valence-corrected chi connectivity index (χ1v) is 10.7. The Kier molecular flexibility index (Phi) is 4.89. The molecule has 1 N–H and O–H groups in total. The summed E-state index contributed by atoms with van der Waals surface area (Å²) in [5.41, 5.74) is 4.00. The molecule has 1 aromatic heterocycles. The van der Waals surface area contributed by atoms with Crippen molar-refractivity contribution in [3.05, 3.63) is 81.1 Å². The number of aromatic nitrogens is 1. The van der Waals surface area contributed by atoms with E-state index in [0.717, 1.165) is 22.3 Å². The van der Waals surface area contributed by atoms with Gasteiger partial charge in [0.25, 0.3) is 0 Å². The maximum atomic E-state index is 12.6. The van der Waals surface area contributed by atoms with Gasteiger partial charge in [-0.15, -0.1) is 0 Å². The molecule has 0 bridgehead atoms. The summed E-state index contributed by atoms with van der Waals surface area (Å²) in [7, 11) is 0. The van der Waals surface area contributed by atoms with Crippen LogP contribution in [-0.2, 0) is 19.6 Å². The molecule has 7 heteroatoms. The van der Waals surface area contributed by atoms with Crippen LogP contribution in [0.4, 0.5) is 0 Å². The molecule has 0 aliphatic carbocycles. The minimum atomic E-state index is -1.22. The molecule has 0 radical (unpaired) electrons. The first-order chi connectivity index (χ1) is 15.4. The second kappa shape index (κ2) is 7.75. The minimum absolute atomic E-state index is 0.0873. The van der Waals surface area contributed by atoms with Gasteiger partial charge in [0.1, 0.15) is 12.2 Å². The van der Waals surface area contributed by atoms with Crippen molar-refractivity contribution < 1.29 is 19.4 Å². The van der Waals surface area contributed by atoms with E-state index in [1.54, 1.807) is 4.68 Å². The number of aromatic carboxylic acids is 1. The van der Waals surface area contributed by atoms with Crippen molar-refractivity contribution >= 4 is 5.97 Å². The Hall–Kier alpha value is -3.74. The van der Waals surface area contributed by atoms with Crippen LogP contribution in [-0.4, -0.2) is 28.4 Å². The summed E-state index contributed by atoms with van der Waals surface area (Å²) in [6.45, 7) is 5.62. The van der Waals surface area contributed by atoms with Gasteiger partial charge in [0.2, 0.25) is 0 Å². The quantitative estimate of drug-likeness (QED) is 0.664. The third-order valence-electron chi connectivity index (χ3n) is 5.98. The molecule has 0 saturated heterocycles.